The highest BCUT2D eigenvalue weighted by atomic mass is 19.4. The molecule has 9 heteroatoms. The van der Waals surface area contributed by atoms with Crippen LogP contribution in [-0.4, -0.2) is 21.0 Å². The molecule has 0 atom stereocenters. The molecule has 27 heavy (non-hydrogen) atoms. The molecule has 0 fully saturated rings. The Morgan fingerprint density at radius 1 is 0.889 bits per heavy atom. The Morgan fingerprint density at radius 3 is 2.11 bits per heavy atom. The van der Waals surface area contributed by atoms with Gasteiger partial charge < -0.3 is 15.7 Å². The first kappa shape index (κ1) is 18.2. The van der Waals surface area contributed by atoms with E-state index in [1.54, 1.807) is 12.1 Å². The zero-order valence-electron chi connectivity index (χ0n) is 13.7. The second-order valence-corrected chi connectivity index (χ2v) is 5.50. The van der Waals surface area contributed by atoms with Crippen LogP contribution in [0.4, 0.5) is 36.2 Å². The van der Waals surface area contributed by atoms with E-state index in [1.165, 1.54) is 36.7 Å². The van der Waals surface area contributed by atoms with Crippen LogP contribution in [0, 0.1) is 0 Å². The Balaban J connectivity index is 1.75. The number of aromatic nitrogens is 2. The number of carbonyl (C=O) groups is 1. The van der Waals surface area contributed by atoms with Crippen LogP contribution in [0.1, 0.15) is 15.9 Å². The maximum absolute atomic E-state index is 12.8. The Hall–Kier alpha value is -3.62. The number of hydrogen-bond donors (Lipinski definition) is 3. The van der Waals surface area contributed by atoms with Gasteiger partial charge in [-0.1, -0.05) is 6.07 Å². The van der Waals surface area contributed by atoms with Crippen LogP contribution >= 0.6 is 0 Å². The molecule has 0 amide bonds. The molecule has 138 valence electrons. The number of nitrogens with zero attached hydrogens (tertiary/aromatic N) is 2. The van der Waals surface area contributed by atoms with E-state index in [-0.39, 0.29) is 11.3 Å². The summed E-state index contributed by atoms with van der Waals surface area (Å²) >= 11 is 0. The van der Waals surface area contributed by atoms with Crippen molar-refractivity contribution < 1.29 is 23.1 Å². The van der Waals surface area contributed by atoms with Crippen molar-refractivity contribution >= 4 is 29.0 Å². The number of carboxylic acids is 1. The van der Waals surface area contributed by atoms with E-state index in [0.717, 1.165) is 12.1 Å². The molecule has 3 N–H and O–H groups in total. The number of hydrogen-bond acceptors (Lipinski definition) is 5. The molecule has 3 aromatic rings. The van der Waals surface area contributed by atoms with Crippen molar-refractivity contribution in [1.29, 1.82) is 0 Å². The topological polar surface area (TPSA) is 87.1 Å². The van der Waals surface area contributed by atoms with Crippen LogP contribution in [-0.2, 0) is 6.18 Å². The van der Waals surface area contributed by atoms with Gasteiger partial charge in [0.05, 0.1) is 11.1 Å². The smallest absolute Gasteiger partial charge is 0.416 e. The largest absolute Gasteiger partial charge is 0.478 e. The number of alkyl halides is 3. The van der Waals surface area contributed by atoms with Gasteiger partial charge in [-0.3, -0.25) is 0 Å². The summed E-state index contributed by atoms with van der Waals surface area (Å²) in [5.74, 6) is -0.340. The van der Waals surface area contributed by atoms with E-state index >= 15 is 0 Å². The van der Waals surface area contributed by atoms with Crippen molar-refractivity contribution in [3.05, 3.63) is 72.1 Å². The summed E-state index contributed by atoms with van der Waals surface area (Å²) in [4.78, 5) is 18.9. The van der Waals surface area contributed by atoms with E-state index < -0.39 is 17.7 Å². The van der Waals surface area contributed by atoms with Gasteiger partial charge in [-0.15, -0.1) is 0 Å². The van der Waals surface area contributed by atoms with Crippen LogP contribution in [0.5, 0.6) is 0 Å². The van der Waals surface area contributed by atoms with Crippen LogP contribution in [0.2, 0.25) is 0 Å². The molecule has 0 saturated heterocycles. The van der Waals surface area contributed by atoms with Gasteiger partial charge in [-0.05, 0) is 42.5 Å². The molecule has 0 aliphatic rings. The van der Waals surface area contributed by atoms with Gasteiger partial charge in [-0.2, -0.15) is 13.2 Å². The van der Waals surface area contributed by atoms with Crippen LogP contribution in [0.3, 0.4) is 0 Å². The molecular weight excluding hydrogens is 361 g/mol. The second-order valence-electron chi connectivity index (χ2n) is 5.50. The highest BCUT2D eigenvalue weighted by Gasteiger charge is 2.30. The molecule has 6 nitrogen and oxygen atoms in total. The van der Waals surface area contributed by atoms with E-state index in [4.69, 9.17) is 5.11 Å². The zero-order chi connectivity index (χ0) is 19.4. The van der Waals surface area contributed by atoms with Gasteiger partial charge in [0.25, 0.3) is 0 Å². The number of rotatable bonds is 5. The van der Waals surface area contributed by atoms with Gasteiger partial charge in [-0.25, -0.2) is 14.8 Å². The third kappa shape index (κ3) is 4.72. The molecule has 0 spiro atoms. The Morgan fingerprint density at radius 2 is 1.52 bits per heavy atom. The summed E-state index contributed by atoms with van der Waals surface area (Å²) in [6, 6.07) is 12.3. The molecule has 0 bridgehead atoms. The summed E-state index contributed by atoms with van der Waals surface area (Å²) < 4.78 is 38.4. The number of carboxylic acid groups (broad SMARTS) is 1. The fourth-order valence-corrected chi connectivity index (χ4v) is 2.26. The van der Waals surface area contributed by atoms with Crippen molar-refractivity contribution in [2.24, 2.45) is 0 Å². The van der Waals surface area contributed by atoms with E-state index in [0.29, 0.717) is 17.3 Å². The Bertz CT molecular complexity index is 959. The van der Waals surface area contributed by atoms with Crippen LogP contribution in [0.25, 0.3) is 0 Å². The van der Waals surface area contributed by atoms with Crippen LogP contribution in [0.15, 0.2) is 60.9 Å². The van der Waals surface area contributed by atoms with Gasteiger partial charge in [0.1, 0.15) is 18.0 Å². The van der Waals surface area contributed by atoms with Crippen LogP contribution < -0.4 is 10.6 Å². The predicted octanol–water partition coefficient (Wildman–Crippen LogP) is 4.68. The fourth-order valence-electron chi connectivity index (χ4n) is 2.26. The molecule has 0 saturated carbocycles. The SMILES string of the molecule is O=C(O)c1ccc(Nc2cc(Nc3cccc(C(F)(F)F)c3)ncn2)cc1. The molecule has 3 rings (SSSR count). The monoisotopic (exact) mass is 374 g/mol. The second kappa shape index (κ2) is 7.32. The minimum absolute atomic E-state index is 0.148. The van der Waals surface area contributed by atoms with Gasteiger partial charge in [0, 0.05) is 17.4 Å². The Kier molecular flexibility index (Phi) is 4.93. The Labute approximate surface area is 151 Å². The number of benzene rings is 2. The third-order valence-electron chi connectivity index (χ3n) is 3.53. The first-order chi connectivity index (χ1) is 12.8. The van der Waals surface area contributed by atoms with Crippen molar-refractivity contribution in [2.75, 3.05) is 10.6 Å². The molecule has 0 aliphatic carbocycles. The average Bonchev–Trinajstić information content (AvgIpc) is 2.62. The zero-order valence-corrected chi connectivity index (χ0v) is 13.7. The summed E-state index contributed by atoms with van der Waals surface area (Å²) in [7, 11) is 0. The lowest BCUT2D eigenvalue weighted by molar-refractivity contribution is -0.137. The van der Waals surface area contributed by atoms with Crippen molar-refractivity contribution in [3.63, 3.8) is 0 Å². The summed E-state index contributed by atoms with van der Waals surface area (Å²) in [6.07, 6.45) is -3.18. The van der Waals surface area contributed by atoms with E-state index in [9.17, 15) is 18.0 Å². The minimum Gasteiger partial charge on any atom is -0.478 e. The van der Waals surface area contributed by atoms with Gasteiger partial charge in [0.2, 0.25) is 0 Å². The summed E-state index contributed by atoms with van der Waals surface area (Å²) in [5, 5.41) is 14.7. The molecule has 2 aromatic carbocycles. The minimum atomic E-state index is -4.43. The number of aromatic carboxylic acids is 1. The highest BCUT2D eigenvalue weighted by molar-refractivity contribution is 5.88. The lowest BCUT2D eigenvalue weighted by atomic mass is 10.2. The quantitative estimate of drug-likeness (QED) is 0.601. The predicted molar refractivity (Wildman–Crippen MR) is 93.4 cm³/mol. The first-order valence-electron chi connectivity index (χ1n) is 7.68. The highest BCUT2D eigenvalue weighted by Crippen LogP contribution is 2.31. The molecule has 1 aromatic heterocycles. The molecule has 0 aliphatic heterocycles. The lowest BCUT2D eigenvalue weighted by Crippen LogP contribution is -2.05. The molecule has 1 heterocycles. The fraction of sp³-hybridized carbons (Fsp3) is 0.0556. The lowest BCUT2D eigenvalue weighted by Gasteiger charge is -2.11. The van der Waals surface area contributed by atoms with E-state index in [2.05, 4.69) is 20.6 Å². The average molecular weight is 374 g/mol. The molecule has 0 unspecified atom stereocenters. The van der Waals surface area contributed by atoms with Gasteiger partial charge in [0.15, 0.2) is 0 Å². The van der Waals surface area contributed by atoms with E-state index in [1.807, 2.05) is 0 Å². The maximum Gasteiger partial charge on any atom is 0.416 e. The summed E-state index contributed by atoms with van der Waals surface area (Å²) in [6.45, 7) is 0. The molecular formula is C18H13F3N4O2. The van der Waals surface area contributed by atoms with Crippen molar-refractivity contribution in [2.45, 2.75) is 6.18 Å². The summed E-state index contributed by atoms with van der Waals surface area (Å²) in [5.41, 5.74) is 0.220. The third-order valence-corrected chi connectivity index (χ3v) is 3.53. The normalized spacial score (nSPS) is 11.1. The van der Waals surface area contributed by atoms with Crippen molar-refractivity contribution in [1.82, 2.24) is 9.97 Å². The standard InChI is InChI=1S/C18H13F3N4O2/c19-18(20,21)12-2-1-3-14(8-12)25-16-9-15(22-10-23-16)24-13-6-4-11(5-7-13)17(26)27/h1-10H,(H,26,27)(H2,22,23,24,25). The van der Waals surface area contributed by atoms with Crippen molar-refractivity contribution in [3.8, 4) is 0 Å². The molecule has 0 radical (unpaired) electrons. The maximum atomic E-state index is 12.8. The first-order valence-corrected chi connectivity index (χ1v) is 7.68. The number of nitrogens with one attached hydrogen (secondary N) is 2. The number of halogens is 3. The number of anilines is 4. The van der Waals surface area contributed by atoms with Gasteiger partial charge >= 0.3 is 12.1 Å².